The number of urea groups is 1. The van der Waals surface area contributed by atoms with Gasteiger partial charge in [-0.15, -0.1) is 0 Å². The van der Waals surface area contributed by atoms with Gasteiger partial charge in [0.1, 0.15) is 6.04 Å². The maximum absolute atomic E-state index is 12.8. The molecular weight excluding hydrogens is 318 g/mol. The van der Waals surface area contributed by atoms with Crippen LogP contribution < -0.4 is 11.1 Å². The molecule has 0 saturated carbocycles. The quantitative estimate of drug-likeness (QED) is 0.774. The third kappa shape index (κ3) is 4.81. The van der Waals surface area contributed by atoms with Crippen molar-refractivity contribution in [2.75, 3.05) is 13.1 Å². The minimum absolute atomic E-state index is 0.00340. The minimum Gasteiger partial charge on any atom is -0.352 e. The molecule has 136 valence electrons. The van der Waals surface area contributed by atoms with Gasteiger partial charge in [0, 0.05) is 24.6 Å². The zero-order valence-electron chi connectivity index (χ0n) is 14.9. The lowest BCUT2D eigenvalue weighted by molar-refractivity contribution is -0.135. The molecule has 0 unspecified atom stereocenters. The number of carbonyl (C=O) groups excluding carboxylic acids is 3. The average Bonchev–Trinajstić information content (AvgIpc) is 2.65. The second-order valence-corrected chi connectivity index (χ2v) is 6.70. The van der Waals surface area contributed by atoms with Crippen LogP contribution in [-0.2, 0) is 4.79 Å². The molecule has 6 nitrogen and oxygen atoms in total. The summed E-state index contributed by atoms with van der Waals surface area (Å²) in [7, 11) is 0. The first-order chi connectivity index (χ1) is 11.9. The lowest BCUT2D eigenvalue weighted by Gasteiger charge is -2.35. The highest BCUT2D eigenvalue weighted by Gasteiger charge is 2.33. The van der Waals surface area contributed by atoms with Gasteiger partial charge in [0.25, 0.3) is 0 Å². The molecule has 1 heterocycles. The minimum atomic E-state index is -0.687. The van der Waals surface area contributed by atoms with Crippen LogP contribution in [0.3, 0.4) is 0 Å². The van der Waals surface area contributed by atoms with Gasteiger partial charge in [-0.2, -0.15) is 0 Å². The van der Waals surface area contributed by atoms with Crippen molar-refractivity contribution in [2.45, 2.75) is 39.2 Å². The molecule has 0 radical (unpaired) electrons. The molecule has 6 heteroatoms. The normalized spacial score (nSPS) is 17.6. The molecule has 1 saturated heterocycles. The van der Waals surface area contributed by atoms with Crippen molar-refractivity contribution >= 4 is 17.7 Å². The molecule has 0 spiro atoms. The fraction of sp³-hybridized carbons (Fsp3) is 0.526. The largest absolute Gasteiger partial charge is 0.352 e. The molecule has 0 bridgehead atoms. The number of piperidine rings is 1. The smallest absolute Gasteiger partial charge is 0.312 e. The number of rotatable bonds is 6. The van der Waals surface area contributed by atoms with Gasteiger partial charge in [0.2, 0.25) is 5.91 Å². The summed E-state index contributed by atoms with van der Waals surface area (Å²) in [6.45, 7) is 4.94. The second kappa shape index (κ2) is 8.65. The molecular formula is C19H27N3O3. The summed E-state index contributed by atoms with van der Waals surface area (Å²) >= 11 is 0. The van der Waals surface area contributed by atoms with Gasteiger partial charge in [-0.1, -0.05) is 50.6 Å². The molecule has 0 aromatic heterocycles. The van der Waals surface area contributed by atoms with Crippen molar-refractivity contribution in [3.05, 3.63) is 35.9 Å². The van der Waals surface area contributed by atoms with E-state index in [0.29, 0.717) is 25.9 Å². The number of benzene rings is 1. The van der Waals surface area contributed by atoms with E-state index in [-0.39, 0.29) is 23.5 Å². The van der Waals surface area contributed by atoms with Crippen LogP contribution in [-0.4, -0.2) is 41.8 Å². The fourth-order valence-corrected chi connectivity index (χ4v) is 3.23. The summed E-state index contributed by atoms with van der Waals surface area (Å²) in [6, 6.07) is 7.97. The Morgan fingerprint density at radius 3 is 2.32 bits per heavy atom. The van der Waals surface area contributed by atoms with Crippen molar-refractivity contribution in [1.29, 1.82) is 0 Å². The van der Waals surface area contributed by atoms with Gasteiger partial charge in [-0.3, -0.25) is 9.59 Å². The van der Waals surface area contributed by atoms with Crippen LogP contribution in [0.4, 0.5) is 4.79 Å². The predicted molar refractivity (Wildman–Crippen MR) is 96.0 cm³/mol. The number of amides is 3. The van der Waals surface area contributed by atoms with Crippen molar-refractivity contribution < 1.29 is 14.4 Å². The number of Topliss-reactive ketones (excluding diaryl/α,β-unsaturated/α-hetero) is 1. The number of likely N-dealkylation sites (tertiary alicyclic amines) is 1. The van der Waals surface area contributed by atoms with Gasteiger partial charge >= 0.3 is 6.03 Å². The summed E-state index contributed by atoms with van der Waals surface area (Å²) in [4.78, 5) is 38.2. The second-order valence-electron chi connectivity index (χ2n) is 6.70. The highest BCUT2D eigenvalue weighted by Crippen LogP contribution is 2.23. The van der Waals surface area contributed by atoms with Crippen molar-refractivity contribution in [3.8, 4) is 0 Å². The highest BCUT2D eigenvalue weighted by molar-refractivity contribution is 5.98. The van der Waals surface area contributed by atoms with Gasteiger partial charge in [-0.05, 0) is 18.8 Å². The topological polar surface area (TPSA) is 92.5 Å². The van der Waals surface area contributed by atoms with E-state index >= 15 is 0 Å². The Morgan fingerprint density at radius 1 is 1.20 bits per heavy atom. The molecule has 25 heavy (non-hydrogen) atoms. The number of ketones is 1. The van der Waals surface area contributed by atoms with Crippen LogP contribution in [0, 0.1) is 11.8 Å². The van der Waals surface area contributed by atoms with E-state index < -0.39 is 12.1 Å². The van der Waals surface area contributed by atoms with Gasteiger partial charge in [0.15, 0.2) is 5.78 Å². The number of nitrogens with zero attached hydrogens (tertiary/aromatic N) is 1. The molecule has 1 aliphatic rings. The number of carbonyl (C=O) groups is 3. The molecule has 1 fully saturated rings. The molecule has 0 aliphatic carbocycles. The van der Waals surface area contributed by atoms with Gasteiger partial charge in [-0.25, -0.2) is 4.79 Å². The van der Waals surface area contributed by atoms with E-state index in [9.17, 15) is 14.4 Å². The molecule has 2 atom stereocenters. The Balaban J connectivity index is 1.97. The lowest BCUT2D eigenvalue weighted by Crippen LogP contribution is -2.54. The lowest BCUT2D eigenvalue weighted by atomic mass is 9.88. The number of hydrogen-bond acceptors (Lipinski definition) is 3. The summed E-state index contributed by atoms with van der Waals surface area (Å²) in [5.41, 5.74) is 5.94. The summed E-state index contributed by atoms with van der Waals surface area (Å²) in [5.74, 6) is -0.0264. The number of primary amides is 1. The fourth-order valence-electron chi connectivity index (χ4n) is 3.23. The Kier molecular flexibility index (Phi) is 6.56. The Hall–Kier alpha value is -2.37. The molecule has 1 aliphatic heterocycles. The monoisotopic (exact) mass is 345 g/mol. The molecule has 3 amide bonds. The SMILES string of the molecule is CC[C@@H](C)[C@@H](NC(N)=O)C(=O)N1CCC(C(=O)c2ccccc2)CC1. The standard InChI is InChI=1S/C19H27N3O3/c1-3-13(2)16(21-19(20)25)18(24)22-11-9-15(10-12-22)17(23)14-7-5-4-6-8-14/h4-8,13,15-16H,3,9-12H2,1-2H3,(H3,20,21,25)/t13-,16-/m1/s1. The van der Waals surface area contributed by atoms with E-state index in [1.807, 2.05) is 44.2 Å². The first-order valence-corrected chi connectivity index (χ1v) is 8.88. The van der Waals surface area contributed by atoms with Crippen LogP contribution in [0.2, 0.25) is 0 Å². The van der Waals surface area contributed by atoms with E-state index in [2.05, 4.69) is 5.32 Å². The number of nitrogens with two attached hydrogens (primary N) is 1. The van der Waals surface area contributed by atoms with Crippen molar-refractivity contribution in [2.24, 2.45) is 17.6 Å². The van der Waals surface area contributed by atoms with Crippen LogP contribution in [0.5, 0.6) is 0 Å². The van der Waals surface area contributed by atoms with Crippen molar-refractivity contribution in [3.63, 3.8) is 0 Å². The van der Waals surface area contributed by atoms with E-state index in [1.54, 1.807) is 4.90 Å². The maximum Gasteiger partial charge on any atom is 0.312 e. The zero-order chi connectivity index (χ0) is 18.4. The Bertz CT molecular complexity index is 610. The third-order valence-electron chi connectivity index (χ3n) is 5.01. The summed E-state index contributed by atoms with van der Waals surface area (Å²) in [6.07, 6.45) is 2.05. The number of hydrogen-bond donors (Lipinski definition) is 2. The van der Waals surface area contributed by atoms with Crippen molar-refractivity contribution in [1.82, 2.24) is 10.2 Å². The third-order valence-corrected chi connectivity index (χ3v) is 5.01. The van der Waals surface area contributed by atoms with Crippen LogP contribution in [0.15, 0.2) is 30.3 Å². The summed E-state index contributed by atoms with van der Waals surface area (Å²) in [5, 5.41) is 2.57. The average molecular weight is 345 g/mol. The van der Waals surface area contributed by atoms with Crippen LogP contribution >= 0.6 is 0 Å². The predicted octanol–water partition coefficient (Wildman–Crippen LogP) is 2.19. The van der Waals surface area contributed by atoms with Crippen LogP contribution in [0.25, 0.3) is 0 Å². The first-order valence-electron chi connectivity index (χ1n) is 8.88. The summed E-state index contributed by atoms with van der Waals surface area (Å²) < 4.78 is 0. The Morgan fingerprint density at radius 2 is 1.80 bits per heavy atom. The molecule has 1 aromatic rings. The van der Waals surface area contributed by atoms with Crippen LogP contribution in [0.1, 0.15) is 43.5 Å². The first kappa shape index (κ1) is 19.0. The molecule has 3 N–H and O–H groups in total. The van der Waals surface area contributed by atoms with Gasteiger partial charge < -0.3 is 16.0 Å². The zero-order valence-corrected chi connectivity index (χ0v) is 14.9. The van der Waals surface area contributed by atoms with E-state index in [4.69, 9.17) is 5.73 Å². The highest BCUT2D eigenvalue weighted by atomic mass is 16.2. The van der Waals surface area contributed by atoms with E-state index in [1.165, 1.54) is 0 Å². The Labute approximate surface area is 148 Å². The molecule has 2 rings (SSSR count). The van der Waals surface area contributed by atoms with E-state index in [0.717, 1.165) is 12.0 Å². The number of nitrogens with one attached hydrogen (secondary N) is 1. The molecule has 1 aromatic carbocycles. The van der Waals surface area contributed by atoms with Gasteiger partial charge in [0.05, 0.1) is 0 Å². The maximum atomic E-state index is 12.8.